The summed E-state index contributed by atoms with van der Waals surface area (Å²) >= 11 is 0. The molecule has 0 bridgehead atoms. The Kier molecular flexibility index (Phi) is 5.72. The van der Waals surface area contributed by atoms with Gasteiger partial charge in [-0.15, -0.1) is 0 Å². The summed E-state index contributed by atoms with van der Waals surface area (Å²) < 4.78 is 44.9. The Morgan fingerprint density at radius 1 is 1.07 bits per heavy atom. The van der Waals surface area contributed by atoms with Gasteiger partial charge in [-0.1, -0.05) is 30.3 Å². The maximum Gasteiger partial charge on any atom is 0.416 e. The van der Waals surface area contributed by atoms with E-state index in [-0.39, 0.29) is 23.4 Å². The second kappa shape index (κ2) is 8.22. The van der Waals surface area contributed by atoms with E-state index < -0.39 is 17.6 Å². The summed E-state index contributed by atoms with van der Waals surface area (Å²) in [6.07, 6.45) is -3.12. The standard InChI is InChI=1S/C21H17F3N2O3/c1-29-18-11-19(27)26(16-8-3-2-4-9-16)13-17(18)20(28)25-12-14-6-5-7-15(10-14)21(22,23)24/h2-11,13H,12H2,1H3,(H,25,28). The van der Waals surface area contributed by atoms with E-state index in [0.29, 0.717) is 11.3 Å². The second-order valence-corrected chi connectivity index (χ2v) is 6.18. The van der Waals surface area contributed by atoms with Crippen LogP contribution < -0.4 is 15.6 Å². The lowest BCUT2D eigenvalue weighted by atomic mass is 10.1. The highest BCUT2D eigenvalue weighted by molar-refractivity contribution is 5.96. The Morgan fingerprint density at radius 3 is 2.45 bits per heavy atom. The maximum atomic E-state index is 12.8. The average Bonchev–Trinajstić information content (AvgIpc) is 2.72. The van der Waals surface area contributed by atoms with Crippen LogP contribution in [0.1, 0.15) is 21.5 Å². The number of carbonyl (C=O) groups excluding carboxylic acids is 1. The molecule has 0 aliphatic rings. The Morgan fingerprint density at radius 2 is 1.79 bits per heavy atom. The van der Waals surface area contributed by atoms with Crippen LogP contribution in [-0.2, 0) is 12.7 Å². The number of nitrogens with zero attached hydrogens (tertiary/aromatic N) is 1. The van der Waals surface area contributed by atoms with Crippen molar-refractivity contribution in [2.45, 2.75) is 12.7 Å². The van der Waals surface area contributed by atoms with E-state index in [1.54, 1.807) is 30.3 Å². The molecule has 0 atom stereocenters. The quantitative estimate of drug-likeness (QED) is 0.706. The fourth-order valence-electron chi connectivity index (χ4n) is 2.78. The van der Waals surface area contributed by atoms with Crippen LogP contribution >= 0.6 is 0 Å². The second-order valence-electron chi connectivity index (χ2n) is 6.18. The summed E-state index contributed by atoms with van der Waals surface area (Å²) in [7, 11) is 1.32. The van der Waals surface area contributed by atoms with Gasteiger partial charge in [-0.25, -0.2) is 0 Å². The number of hydrogen-bond donors (Lipinski definition) is 1. The molecule has 1 amide bonds. The molecule has 3 rings (SSSR count). The first kappa shape index (κ1) is 20.2. The number of aromatic nitrogens is 1. The predicted molar refractivity (Wildman–Crippen MR) is 101 cm³/mol. The number of methoxy groups -OCH3 is 1. The summed E-state index contributed by atoms with van der Waals surface area (Å²) in [5.74, 6) is -0.507. The molecule has 5 nitrogen and oxygen atoms in total. The predicted octanol–water partition coefficient (Wildman–Crippen LogP) is 3.79. The minimum atomic E-state index is -4.46. The molecule has 1 heterocycles. The number of amides is 1. The topological polar surface area (TPSA) is 60.3 Å². The van der Waals surface area contributed by atoms with Gasteiger partial charge < -0.3 is 10.1 Å². The highest BCUT2D eigenvalue weighted by Gasteiger charge is 2.30. The van der Waals surface area contributed by atoms with Gasteiger partial charge in [0, 0.05) is 24.5 Å². The SMILES string of the molecule is COc1cc(=O)n(-c2ccccc2)cc1C(=O)NCc1cccc(C(F)(F)F)c1. The summed E-state index contributed by atoms with van der Waals surface area (Å²) in [6, 6.07) is 14.6. The molecule has 0 radical (unpaired) electrons. The van der Waals surface area contributed by atoms with Gasteiger partial charge >= 0.3 is 6.18 Å². The minimum Gasteiger partial charge on any atom is -0.496 e. The molecule has 8 heteroatoms. The number of hydrogen-bond acceptors (Lipinski definition) is 3. The lowest BCUT2D eigenvalue weighted by Gasteiger charge is -2.13. The number of carbonyl (C=O) groups is 1. The number of halogens is 3. The van der Waals surface area contributed by atoms with Crippen LogP contribution in [0.15, 0.2) is 71.7 Å². The van der Waals surface area contributed by atoms with Gasteiger partial charge in [-0.3, -0.25) is 14.2 Å². The molecule has 1 N–H and O–H groups in total. The van der Waals surface area contributed by atoms with Crippen molar-refractivity contribution in [3.05, 3.63) is 93.9 Å². The van der Waals surface area contributed by atoms with E-state index in [4.69, 9.17) is 4.74 Å². The van der Waals surface area contributed by atoms with E-state index in [2.05, 4.69) is 5.32 Å². The van der Waals surface area contributed by atoms with Crippen LogP contribution in [0.25, 0.3) is 5.69 Å². The molecule has 0 fully saturated rings. The number of ether oxygens (including phenoxy) is 1. The third-order valence-corrected chi connectivity index (χ3v) is 4.22. The van der Waals surface area contributed by atoms with E-state index in [1.807, 2.05) is 0 Å². The molecule has 0 aliphatic carbocycles. The first-order valence-electron chi connectivity index (χ1n) is 8.60. The molecular formula is C21H17F3N2O3. The molecule has 0 aliphatic heterocycles. The van der Waals surface area contributed by atoms with Crippen LogP contribution in [0.5, 0.6) is 5.75 Å². The zero-order chi connectivity index (χ0) is 21.0. The molecule has 29 heavy (non-hydrogen) atoms. The smallest absolute Gasteiger partial charge is 0.416 e. The third-order valence-electron chi connectivity index (χ3n) is 4.22. The minimum absolute atomic E-state index is 0.0729. The number of benzene rings is 2. The molecule has 1 aromatic heterocycles. The van der Waals surface area contributed by atoms with Crippen molar-refractivity contribution < 1.29 is 22.7 Å². The summed E-state index contributed by atoms with van der Waals surface area (Å²) in [4.78, 5) is 25.0. The van der Waals surface area contributed by atoms with Crippen LogP contribution in [0.2, 0.25) is 0 Å². The number of nitrogens with one attached hydrogen (secondary N) is 1. The van der Waals surface area contributed by atoms with Crippen molar-refractivity contribution in [2.24, 2.45) is 0 Å². The molecule has 0 unspecified atom stereocenters. The Hall–Kier alpha value is -3.55. The van der Waals surface area contributed by atoms with E-state index in [1.165, 1.54) is 36.1 Å². The van der Waals surface area contributed by atoms with Gasteiger partial charge in [0.2, 0.25) is 0 Å². The fraction of sp³-hybridized carbons (Fsp3) is 0.143. The zero-order valence-electron chi connectivity index (χ0n) is 15.4. The van der Waals surface area contributed by atoms with Gasteiger partial charge in [0.1, 0.15) is 5.75 Å². The number of alkyl halides is 3. The Bertz CT molecular complexity index is 1080. The highest BCUT2D eigenvalue weighted by Crippen LogP contribution is 2.29. The summed E-state index contributed by atoms with van der Waals surface area (Å²) in [5.41, 5.74) is -0.236. The normalized spacial score (nSPS) is 11.2. The third kappa shape index (κ3) is 4.66. The number of rotatable bonds is 5. The first-order valence-corrected chi connectivity index (χ1v) is 8.60. The maximum absolute atomic E-state index is 12.8. The molecule has 0 saturated carbocycles. The molecule has 0 saturated heterocycles. The van der Waals surface area contributed by atoms with Crippen molar-refractivity contribution in [3.8, 4) is 11.4 Å². The van der Waals surface area contributed by atoms with Gasteiger partial charge in [0.25, 0.3) is 11.5 Å². The van der Waals surface area contributed by atoms with Crippen molar-refractivity contribution in [1.29, 1.82) is 0 Å². The van der Waals surface area contributed by atoms with Crippen molar-refractivity contribution >= 4 is 5.91 Å². The number of para-hydroxylation sites is 1. The average molecular weight is 402 g/mol. The molecule has 2 aromatic carbocycles. The molecular weight excluding hydrogens is 385 g/mol. The number of pyridine rings is 1. The van der Waals surface area contributed by atoms with E-state index >= 15 is 0 Å². The van der Waals surface area contributed by atoms with Crippen molar-refractivity contribution in [1.82, 2.24) is 9.88 Å². The van der Waals surface area contributed by atoms with Gasteiger partial charge in [-0.2, -0.15) is 13.2 Å². The van der Waals surface area contributed by atoms with Crippen LogP contribution in [0.4, 0.5) is 13.2 Å². The van der Waals surface area contributed by atoms with Crippen LogP contribution in [0.3, 0.4) is 0 Å². The zero-order valence-corrected chi connectivity index (χ0v) is 15.4. The molecule has 3 aromatic rings. The monoisotopic (exact) mass is 402 g/mol. The van der Waals surface area contributed by atoms with Gasteiger partial charge in [-0.05, 0) is 29.8 Å². The van der Waals surface area contributed by atoms with Crippen molar-refractivity contribution in [2.75, 3.05) is 7.11 Å². The van der Waals surface area contributed by atoms with E-state index in [0.717, 1.165) is 12.1 Å². The summed E-state index contributed by atoms with van der Waals surface area (Å²) in [5, 5.41) is 2.57. The van der Waals surface area contributed by atoms with Crippen LogP contribution in [-0.4, -0.2) is 17.6 Å². The molecule has 0 spiro atoms. The molecule has 150 valence electrons. The van der Waals surface area contributed by atoms with Crippen LogP contribution in [0, 0.1) is 0 Å². The summed E-state index contributed by atoms with van der Waals surface area (Å²) in [6.45, 7) is -0.115. The Labute approximate surface area is 164 Å². The van der Waals surface area contributed by atoms with Gasteiger partial charge in [0.15, 0.2) is 0 Å². The lowest BCUT2D eigenvalue weighted by molar-refractivity contribution is -0.137. The highest BCUT2D eigenvalue weighted by atomic mass is 19.4. The van der Waals surface area contributed by atoms with Gasteiger partial charge in [0.05, 0.1) is 18.2 Å². The largest absolute Gasteiger partial charge is 0.496 e. The fourth-order valence-corrected chi connectivity index (χ4v) is 2.78. The van der Waals surface area contributed by atoms with E-state index in [9.17, 15) is 22.8 Å². The first-order chi connectivity index (χ1) is 13.8. The Balaban J connectivity index is 1.86. The van der Waals surface area contributed by atoms with Crippen molar-refractivity contribution in [3.63, 3.8) is 0 Å². The lowest BCUT2D eigenvalue weighted by Crippen LogP contribution is -2.27.